The molecule has 1 aromatic heterocycles. The van der Waals surface area contributed by atoms with E-state index in [0.29, 0.717) is 6.61 Å². The summed E-state index contributed by atoms with van der Waals surface area (Å²) in [7, 11) is 1.54. The molecule has 2 rings (SSSR count). The van der Waals surface area contributed by atoms with Gasteiger partial charge in [0.05, 0.1) is 7.11 Å². The highest BCUT2D eigenvalue weighted by atomic mass is 79.9. The average Bonchev–Trinajstić information content (AvgIpc) is 2.82. The van der Waals surface area contributed by atoms with Gasteiger partial charge in [0.1, 0.15) is 6.61 Å². The summed E-state index contributed by atoms with van der Waals surface area (Å²) < 4.78 is 0. The van der Waals surface area contributed by atoms with Crippen LogP contribution < -0.4 is 0 Å². The third-order valence-electron chi connectivity index (χ3n) is 3.28. The standard InChI is InChI=1S/C16H19BrO2S2/c1-10(17)15-14(9-19-18-3)21-11(2)16(15)12-5-7-13(20-4)8-6-12/h5-8,10H,9H2,1-4H3. The third kappa shape index (κ3) is 3.90. The smallest absolute Gasteiger partial charge is 0.117 e. The number of thioether (sulfide) groups is 1. The Kier molecular flexibility index (Phi) is 6.32. The van der Waals surface area contributed by atoms with E-state index >= 15 is 0 Å². The molecule has 0 spiro atoms. The van der Waals surface area contributed by atoms with Gasteiger partial charge in [-0.15, -0.1) is 23.1 Å². The zero-order valence-electron chi connectivity index (χ0n) is 12.6. The zero-order chi connectivity index (χ0) is 15.4. The van der Waals surface area contributed by atoms with Gasteiger partial charge in [-0.1, -0.05) is 28.1 Å². The van der Waals surface area contributed by atoms with Gasteiger partial charge in [0.15, 0.2) is 0 Å². The summed E-state index contributed by atoms with van der Waals surface area (Å²) in [5.41, 5.74) is 3.87. The normalized spacial score (nSPS) is 12.6. The van der Waals surface area contributed by atoms with Gasteiger partial charge >= 0.3 is 0 Å². The summed E-state index contributed by atoms with van der Waals surface area (Å²) in [5.74, 6) is 0. The minimum absolute atomic E-state index is 0.271. The maximum Gasteiger partial charge on any atom is 0.117 e. The number of aryl methyl sites for hydroxylation is 1. The lowest BCUT2D eigenvalue weighted by atomic mass is 9.99. The minimum Gasteiger partial charge on any atom is -0.240 e. The first-order chi connectivity index (χ1) is 10.1. The van der Waals surface area contributed by atoms with Crippen LogP contribution in [-0.4, -0.2) is 13.4 Å². The lowest BCUT2D eigenvalue weighted by Crippen LogP contribution is -1.95. The van der Waals surface area contributed by atoms with E-state index in [-0.39, 0.29) is 4.83 Å². The Balaban J connectivity index is 2.47. The molecule has 0 amide bonds. The molecule has 0 fully saturated rings. The molecule has 0 aliphatic carbocycles. The molecule has 0 bridgehead atoms. The van der Waals surface area contributed by atoms with Crippen LogP contribution in [0.3, 0.4) is 0 Å². The fourth-order valence-corrected chi connectivity index (χ4v) is 4.64. The molecule has 0 saturated heterocycles. The van der Waals surface area contributed by atoms with Crippen LogP contribution >= 0.6 is 39.0 Å². The van der Waals surface area contributed by atoms with Crippen molar-refractivity contribution in [2.24, 2.45) is 0 Å². The van der Waals surface area contributed by atoms with Gasteiger partial charge in [-0.2, -0.15) is 0 Å². The molecular weight excluding hydrogens is 368 g/mol. The van der Waals surface area contributed by atoms with Crippen LogP contribution in [0.4, 0.5) is 0 Å². The van der Waals surface area contributed by atoms with Crippen LogP contribution in [-0.2, 0) is 16.4 Å². The second-order valence-corrected chi connectivity index (χ2v) is 8.21. The molecule has 0 saturated carbocycles. The molecule has 5 heteroatoms. The first-order valence-electron chi connectivity index (χ1n) is 6.64. The maximum atomic E-state index is 5.14. The highest BCUT2D eigenvalue weighted by Crippen LogP contribution is 2.43. The van der Waals surface area contributed by atoms with E-state index in [1.165, 1.54) is 31.3 Å². The molecule has 1 atom stereocenters. The molecule has 114 valence electrons. The Hall–Kier alpha value is -0.330. The summed E-state index contributed by atoms with van der Waals surface area (Å²) in [4.78, 5) is 14.0. The van der Waals surface area contributed by atoms with Gasteiger partial charge < -0.3 is 0 Å². The molecule has 2 nitrogen and oxygen atoms in total. The van der Waals surface area contributed by atoms with E-state index in [2.05, 4.69) is 60.3 Å². The maximum absolute atomic E-state index is 5.14. The van der Waals surface area contributed by atoms with Crippen molar-refractivity contribution in [3.63, 3.8) is 0 Å². The van der Waals surface area contributed by atoms with Crippen molar-refractivity contribution in [1.29, 1.82) is 0 Å². The number of halogens is 1. The molecule has 1 aromatic carbocycles. The zero-order valence-corrected chi connectivity index (χ0v) is 15.8. The van der Waals surface area contributed by atoms with Crippen molar-refractivity contribution >= 4 is 39.0 Å². The molecule has 0 N–H and O–H groups in total. The first-order valence-corrected chi connectivity index (χ1v) is 9.60. The molecule has 2 aromatic rings. The number of hydrogen-bond donors (Lipinski definition) is 0. The van der Waals surface area contributed by atoms with E-state index in [1.807, 2.05) is 0 Å². The first kappa shape index (κ1) is 17.0. The van der Waals surface area contributed by atoms with E-state index in [0.717, 1.165) is 0 Å². The topological polar surface area (TPSA) is 18.5 Å². The van der Waals surface area contributed by atoms with Crippen LogP contribution in [0.1, 0.15) is 27.1 Å². The van der Waals surface area contributed by atoms with E-state index in [4.69, 9.17) is 9.78 Å². The van der Waals surface area contributed by atoms with E-state index < -0.39 is 0 Å². The van der Waals surface area contributed by atoms with E-state index in [1.54, 1.807) is 30.2 Å². The Morgan fingerprint density at radius 3 is 2.48 bits per heavy atom. The molecule has 0 radical (unpaired) electrons. The van der Waals surface area contributed by atoms with Gasteiger partial charge in [-0.05, 0) is 48.9 Å². The number of rotatable bonds is 6. The largest absolute Gasteiger partial charge is 0.240 e. The highest BCUT2D eigenvalue weighted by molar-refractivity contribution is 9.09. The second kappa shape index (κ2) is 7.79. The summed E-state index contributed by atoms with van der Waals surface area (Å²) in [6.45, 7) is 4.80. The Bertz CT molecular complexity index is 591. The van der Waals surface area contributed by atoms with Gasteiger partial charge in [0.2, 0.25) is 0 Å². The predicted octanol–water partition coefficient (Wildman–Crippen LogP) is 5.98. The number of thiophene rings is 1. The van der Waals surface area contributed by atoms with Crippen LogP contribution in [0.15, 0.2) is 29.2 Å². The fourth-order valence-electron chi connectivity index (χ4n) is 2.38. The van der Waals surface area contributed by atoms with Crippen molar-refractivity contribution in [3.05, 3.63) is 39.6 Å². The molecular formula is C16H19BrO2S2. The highest BCUT2D eigenvalue weighted by Gasteiger charge is 2.20. The second-order valence-electron chi connectivity index (χ2n) is 4.64. The van der Waals surface area contributed by atoms with Gasteiger partial charge in [0, 0.05) is 19.5 Å². The molecule has 21 heavy (non-hydrogen) atoms. The minimum atomic E-state index is 0.271. The number of benzene rings is 1. The van der Waals surface area contributed by atoms with Crippen LogP contribution in [0.2, 0.25) is 0 Å². The summed E-state index contributed by atoms with van der Waals surface area (Å²) in [6.07, 6.45) is 2.09. The number of hydrogen-bond acceptors (Lipinski definition) is 4. The Morgan fingerprint density at radius 2 is 1.95 bits per heavy atom. The molecule has 0 aliphatic heterocycles. The summed E-state index contributed by atoms with van der Waals surface area (Å²) >= 11 is 7.26. The quantitative estimate of drug-likeness (QED) is 0.263. The average molecular weight is 387 g/mol. The Labute approximate surface area is 142 Å². The van der Waals surface area contributed by atoms with Crippen LogP contribution in [0.5, 0.6) is 0 Å². The van der Waals surface area contributed by atoms with E-state index in [9.17, 15) is 0 Å². The Morgan fingerprint density at radius 1 is 1.29 bits per heavy atom. The van der Waals surface area contributed by atoms with Gasteiger partial charge in [-0.3, -0.25) is 0 Å². The van der Waals surface area contributed by atoms with Crippen molar-refractivity contribution < 1.29 is 9.78 Å². The third-order valence-corrected chi connectivity index (χ3v) is 5.58. The van der Waals surface area contributed by atoms with Crippen molar-refractivity contribution in [3.8, 4) is 11.1 Å². The number of alkyl halides is 1. The molecule has 1 unspecified atom stereocenters. The summed E-state index contributed by atoms with van der Waals surface area (Å²) in [5, 5.41) is 0. The van der Waals surface area contributed by atoms with Gasteiger partial charge in [0.25, 0.3) is 0 Å². The van der Waals surface area contributed by atoms with Crippen LogP contribution in [0, 0.1) is 6.92 Å². The molecule has 1 heterocycles. The van der Waals surface area contributed by atoms with Crippen LogP contribution in [0.25, 0.3) is 11.1 Å². The molecule has 0 aliphatic rings. The van der Waals surface area contributed by atoms with Crippen molar-refractivity contribution in [2.45, 2.75) is 30.2 Å². The summed E-state index contributed by atoms with van der Waals surface area (Å²) in [6, 6.07) is 8.73. The van der Waals surface area contributed by atoms with Crippen molar-refractivity contribution in [1.82, 2.24) is 0 Å². The lowest BCUT2D eigenvalue weighted by molar-refractivity contribution is -0.281. The van der Waals surface area contributed by atoms with Gasteiger partial charge in [-0.25, -0.2) is 9.78 Å². The SMILES string of the molecule is COOCc1sc(C)c(-c2ccc(SC)cc2)c1C(C)Br. The predicted molar refractivity (Wildman–Crippen MR) is 95.4 cm³/mol. The fraction of sp³-hybridized carbons (Fsp3) is 0.375. The monoisotopic (exact) mass is 386 g/mol. The van der Waals surface area contributed by atoms with Crippen molar-refractivity contribution in [2.75, 3.05) is 13.4 Å². The lowest BCUT2D eigenvalue weighted by Gasteiger charge is -2.11.